The zero-order valence-electron chi connectivity index (χ0n) is 15.8. The highest BCUT2D eigenvalue weighted by atomic mass is 19.1. The molecule has 2 aromatic carbocycles. The average molecular weight is 365 g/mol. The van der Waals surface area contributed by atoms with Crippen LogP contribution in [0.3, 0.4) is 0 Å². The van der Waals surface area contributed by atoms with E-state index in [2.05, 4.69) is 6.92 Å². The van der Waals surface area contributed by atoms with Crippen molar-refractivity contribution in [3.8, 4) is 17.2 Å². The fourth-order valence-electron chi connectivity index (χ4n) is 5.33. The molecule has 140 valence electrons. The third-order valence-electron chi connectivity index (χ3n) is 6.61. The van der Waals surface area contributed by atoms with Crippen LogP contribution in [-0.4, -0.2) is 0 Å². The molecule has 0 radical (unpaired) electrons. The summed E-state index contributed by atoms with van der Waals surface area (Å²) in [6, 6.07) is 10.1. The number of benzene rings is 2. The monoisotopic (exact) mass is 365 g/mol. The van der Waals surface area contributed by atoms with E-state index >= 15 is 4.39 Å². The lowest BCUT2D eigenvalue weighted by molar-refractivity contribution is 0.199. The number of nitrogens with zero attached hydrogens (tertiary/aromatic N) is 1. The van der Waals surface area contributed by atoms with Crippen LogP contribution in [0.2, 0.25) is 0 Å². The molecule has 3 atom stereocenters. The molecule has 0 bridgehead atoms. The number of hydrogen-bond donors (Lipinski definition) is 0. The zero-order chi connectivity index (χ0) is 19.0. The lowest BCUT2D eigenvalue weighted by Gasteiger charge is -2.41. The van der Waals surface area contributed by atoms with Crippen LogP contribution < -0.4 is 0 Å². The summed E-state index contributed by atoms with van der Waals surface area (Å²) in [5.74, 6) is 0.782. The molecule has 0 aliphatic heterocycles. The van der Waals surface area contributed by atoms with E-state index in [1.165, 1.54) is 25.7 Å². The molecule has 1 fully saturated rings. The van der Waals surface area contributed by atoms with Gasteiger partial charge in [-0.05, 0) is 84.7 Å². The number of fused-ring (bicyclic) bond motifs is 3. The van der Waals surface area contributed by atoms with Gasteiger partial charge in [-0.2, -0.15) is 5.26 Å². The molecule has 1 nitrogen and oxygen atoms in total. The fourth-order valence-corrected chi connectivity index (χ4v) is 5.33. The molecule has 0 unspecified atom stereocenters. The summed E-state index contributed by atoms with van der Waals surface area (Å²) in [6.45, 7) is 2.23. The van der Waals surface area contributed by atoms with Crippen LogP contribution in [0.15, 0.2) is 30.3 Å². The van der Waals surface area contributed by atoms with Crippen molar-refractivity contribution in [2.45, 2.75) is 57.8 Å². The van der Waals surface area contributed by atoms with Gasteiger partial charge in [-0.1, -0.05) is 31.9 Å². The van der Waals surface area contributed by atoms with Crippen LogP contribution >= 0.6 is 0 Å². The second-order valence-corrected chi connectivity index (χ2v) is 8.18. The maximum absolute atomic E-state index is 15.3. The van der Waals surface area contributed by atoms with Crippen LogP contribution in [0.1, 0.15) is 68.1 Å². The first-order valence-corrected chi connectivity index (χ1v) is 10.1. The molecular formula is C24H25F2N. The molecule has 2 aliphatic rings. The summed E-state index contributed by atoms with van der Waals surface area (Å²) in [5.41, 5.74) is 2.67. The molecule has 2 aliphatic carbocycles. The van der Waals surface area contributed by atoms with E-state index in [-0.39, 0.29) is 5.56 Å². The smallest absolute Gasteiger partial charge is 0.137 e. The molecule has 1 saturated carbocycles. The second-order valence-electron chi connectivity index (χ2n) is 8.18. The van der Waals surface area contributed by atoms with Gasteiger partial charge >= 0.3 is 0 Å². The molecule has 0 spiro atoms. The molecule has 3 heteroatoms. The third kappa shape index (κ3) is 3.27. The molecule has 0 N–H and O–H groups in total. The first kappa shape index (κ1) is 18.2. The largest absolute Gasteiger partial charge is 0.206 e. The molecule has 2 aromatic rings. The SMILES string of the molecule is CCC[C@@H]1CC[C@@H]2c3cc(F)c(-c4ccc(C#N)cc4)c(F)c3CC[C@H]2C1. The Balaban J connectivity index is 1.70. The van der Waals surface area contributed by atoms with Gasteiger partial charge in [0.2, 0.25) is 0 Å². The summed E-state index contributed by atoms with van der Waals surface area (Å²) in [5, 5.41) is 8.93. The maximum Gasteiger partial charge on any atom is 0.137 e. The van der Waals surface area contributed by atoms with E-state index in [9.17, 15) is 4.39 Å². The van der Waals surface area contributed by atoms with Gasteiger partial charge in [0.05, 0.1) is 17.2 Å². The lowest BCUT2D eigenvalue weighted by atomic mass is 9.64. The van der Waals surface area contributed by atoms with E-state index in [1.807, 2.05) is 6.07 Å². The second kappa shape index (κ2) is 7.43. The molecule has 27 heavy (non-hydrogen) atoms. The summed E-state index contributed by atoms with van der Waals surface area (Å²) in [7, 11) is 0. The molecule has 0 amide bonds. The highest BCUT2D eigenvalue weighted by molar-refractivity contribution is 5.68. The van der Waals surface area contributed by atoms with Crippen LogP contribution in [0.25, 0.3) is 11.1 Å². The van der Waals surface area contributed by atoms with Gasteiger partial charge in [0, 0.05) is 0 Å². The minimum absolute atomic E-state index is 0.0522. The Morgan fingerprint density at radius 2 is 1.89 bits per heavy atom. The van der Waals surface area contributed by atoms with Gasteiger partial charge in [0.25, 0.3) is 0 Å². The molecule has 4 rings (SSSR count). The average Bonchev–Trinajstić information content (AvgIpc) is 2.68. The zero-order valence-corrected chi connectivity index (χ0v) is 15.8. The van der Waals surface area contributed by atoms with Crippen LogP contribution in [0.5, 0.6) is 0 Å². The summed E-state index contributed by atoms with van der Waals surface area (Å²) >= 11 is 0. The van der Waals surface area contributed by atoms with Crippen LogP contribution in [0.4, 0.5) is 8.78 Å². The van der Waals surface area contributed by atoms with E-state index in [1.54, 1.807) is 30.3 Å². The molecule has 0 heterocycles. The predicted octanol–water partition coefficient (Wildman–Crippen LogP) is 6.75. The van der Waals surface area contributed by atoms with Crippen molar-refractivity contribution in [1.29, 1.82) is 5.26 Å². The maximum atomic E-state index is 15.3. The predicted molar refractivity (Wildman–Crippen MR) is 103 cm³/mol. The lowest BCUT2D eigenvalue weighted by Crippen LogP contribution is -2.29. The minimum Gasteiger partial charge on any atom is -0.206 e. The van der Waals surface area contributed by atoms with Crippen molar-refractivity contribution < 1.29 is 8.78 Å². The van der Waals surface area contributed by atoms with Crippen molar-refractivity contribution in [3.05, 3.63) is 58.7 Å². The van der Waals surface area contributed by atoms with Gasteiger partial charge in [0.1, 0.15) is 11.6 Å². The number of halogens is 2. The Hall–Kier alpha value is -2.21. The van der Waals surface area contributed by atoms with Gasteiger partial charge < -0.3 is 0 Å². The quantitative estimate of drug-likeness (QED) is 0.590. The van der Waals surface area contributed by atoms with E-state index < -0.39 is 11.6 Å². The van der Waals surface area contributed by atoms with Crippen molar-refractivity contribution in [2.24, 2.45) is 11.8 Å². The van der Waals surface area contributed by atoms with Crippen LogP contribution in [-0.2, 0) is 6.42 Å². The topological polar surface area (TPSA) is 23.8 Å². The highest BCUT2D eigenvalue weighted by Gasteiger charge is 2.37. The van der Waals surface area contributed by atoms with Gasteiger partial charge in [-0.25, -0.2) is 8.78 Å². The fraction of sp³-hybridized carbons (Fsp3) is 0.458. The highest BCUT2D eigenvalue weighted by Crippen LogP contribution is 2.49. The van der Waals surface area contributed by atoms with E-state index in [0.717, 1.165) is 24.3 Å². The van der Waals surface area contributed by atoms with Crippen molar-refractivity contribution >= 4 is 0 Å². The number of hydrogen-bond acceptors (Lipinski definition) is 1. The summed E-state index contributed by atoms with van der Waals surface area (Å²) < 4.78 is 30.3. The third-order valence-corrected chi connectivity index (χ3v) is 6.61. The Labute approximate surface area is 160 Å². The summed E-state index contributed by atoms with van der Waals surface area (Å²) in [6.07, 6.45) is 7.63. The Kier molecular flexibility index (Phi) is 5.00. The van der Waals surface area contributed by atoms with Gasteiger partial charge in [-0.3, -0.25) is 0 Å². The molecule has 0 aromatic heterocycles. The van der Waals surface area contributed by atoms with Gasteiger partial charge in [-0.15, -0.1) is 0 Å². The van der Waals surface area contributed by atoms with E-state index in [4.69, 9.17) is 5.26 Å². The standard InChI is InChI=1S/C24H25F2N/c1-2-3-15-6-10-19-18(12-15)9-11-20-21(19)13-22(25)23(24(20)26)17-7-4-16(14-27)5-8-17/h4-5,7-8,13,15,18-19H,2-3,6,9-12H2,1H3/t15-,18+,19+/m1/s1. The van der Waals surface area contributed by atoms with E-state index in [0.29, 0.717) is 34.9 Å². The number of rotatable bonds is 3. The first-order valence-electron chi connectivity index (χ1n) is 10.1. The Morgan fingerprint density at radius 3 is 2.59 bits per heavy atom. The van der Waals surface area contributed by atoms with Gasteiger partial charge in [0.15, 0.2) is 0 Å². The van der Waals surface area contributed by atoms with Crippen LogP contribution in [0, 0.1) is 34.8 Å². The van der Waals surface area contributed by atoms with Crippen molar-refractivity contribution in [2.75, 3.05) is 0 Å². The number of nitriles is 1. The normalized spacial score (nSPS) is 24.0. The minimum atomic E-state index is -0.479. The summed E-state index contributed by atoms with van der Waals surface area (Å²) in [4.78, 5) is 0. The molecular weight excluding hydrogens is 340 g/mol. The first-order chi connectivity index (χ1) is 13.1. The Bertz CT molecular complexity index is 879. The molecule has 0 saturated heterocycles. The Morgan fingerprint density at radius 1 is 1.11 bits per heavy atom. The van der Waals surface area contributed by atoms with Crippen molar-refractivity contribution in [3.63, 3.8) is 0 Å². The van der Waals surface area contributed by atoms with Crippen molar-refractivity contribution in [1.82, 2.24) is 0 Å².